The van der Waals surface area contributed by atoms with E-state index >= 15 is 0 Å². The van der Waals surface area contributed by atoms with Crippen LogP contribution in [-0.2, 0) is 14.3 Å². The number of esters is 1. The first-order valence-electron chi connectivity index (χ1n) is 14.5. The predicted molar refractivity (Wildman–Crippen MR) is 141 cm³/mol. The van der Waals surface area contributed by atoms with E-state index < -0.39 is 0 Å². The fraction of sp³-hybridized carbons (Fsp3) is 0.875. The maximum absolute atomic E-state index is 13.3. The summed E-state index contributed by atoms with van der Waals surface area (Å²) < 4.78 is 6.05. The maximum atomic E-state index is 13.3. The minimum Gasteiger partial charge on any atom is -0.461 e. The molecule has 0 spiro atoms. The lowest BCUT2D eigenvalue weighted by molar-refractivity contribution is -0.257. The van der Waals surface area contributed by atoms with Crippen LogP contribution in [-0.4, -0.2) is 17.9 Å². The molecule has 0 aromatic heterocycles. The van der Waals surface area contributed by atoms with Gasteiger partial charge in [0.1, 0.15) is 11.9 Å². The lowest BCUT2D eigenvalue weighted by atomic mass is 9.32. The highest BCUT2D eigenvalue weighted by Crippen LogP contribution is 2.77. The second-order valence-electron chi connectivity index (χ2n) is 15.1. The predicted octanol–water partition coefficient (Wildman–Crippen LogP) is 7.77. The van der Waals surface area contributed by atoms with Gasteiger partial charge in [-0.1, -0.05) is 53.7 Å². The summed E-state index contributed by atoms with van der Waals surface area (Å²) in [5, 5.41) is 0. The standard InChI is InChI=1S/C32H50O3/c1-19(2)21-12-14-29(6)16-17-30(7)22(27(21)29)10-11-24-31(30,8)15-13-23-28(4,5)25(34)18-26(32(23,24)9)35-20(3)33/h21-24,26-27H,1,10-18H2,2-9H3/t21-,22+,23-,24-,26+,27+,29+,30+,31+,32-/m0/s1. The third-order valence-corrected chi connectivity index (χ3v) is 13.6. The molecule has 5 aliphatic carbocycles. The summed E-state index contributed by atoms with van der Waals surface area (Å²) in [6.45, 7) is 22.8. The Morgan fingerprint density at radius 2 is 1.54 bits per heavy atom. The second-order valence-corrected chi connectivity index (χ2v) is 15.1. The average Bonchev–Trinajstić information content (AvgIpc) is 3.10. The van der Waals surface area contributed by atoms with Crippen molar-refractivity contribution in [1.82, 2.24) is 0 Å². The van der Waals surface area contributed by atoms with Crippen molar-refractivity contribution in [3.05, 3.63) is 12.2 Å². The Balaban J connectivity index is 1.59. The van der Waals surface area contributed by atoms with Crippen molar-refractivity contribution >= 4 is 11.8 Å². The second kappa shape index (κ2) is 7.70. The van der Waals surface area contributed by atoms with Gasteiger partial charge in [0.25, 0.3) is 0 Å². The summed E-state index contributed by atoms with van der Waals surface area (Å²) in [7, 11) is 0. The minimum atomic E-state index is -0.355. The van der Waals surface area contributed by atoms with Crippen LogP contribution in [0.5, 0.6) is 0 Å². The number of allylic oxidation sites excluding steroid dienone is 1. The Morgan fingerprint density at radius 1 is 0.857 bits per heavy atom. The number of Topliss-reactive ketones (excluding diaryl/α,β-unsaturated/α-hetero) is 1. The molecule has 5 aliphatic rings. The van der Waals surface area contributed by atoms with Crippen molar-refractivity contribution in [2.45, 2.75) is 119 Å². The van der Waals surface area contributed by atoms with Gasteiger partial charge in [-0.05, 0) is 104 Å². The van der Waals surface area contributed by atoms with E-state index in [4.69, 9.17) is 4.74 Å². The maximum Gasteiger partial charge on any atom is 0.302 e. The first-order valence-corrected chi connectivity index (χ1v) is 14.5. The summed E-state index contributed by atoms with van der Waals surface area (Å²) in [4.78, 5) is 25.5. The highest BCUT2D eigenvalue weighted by atomic mass is 16.5. The van der Waals surface area contributed by atoms with Gasteiger partial charge in [-0.2, -0.15) is 0 Å². The van der Waals surface area contributed by atoms with Crippen molar-refractivity contribution in [3.63, 3.8) is 0 Å². The van der Waals surface area contributed by atoms with Gasteiger partial charge in [0.05, 0.1) is 0 Å². The Kier molecular flexibility index (Phi) is 5.62. The topological polar surface area (TPSA) is 43.4 Å². The Labute approximate surface area is 214 Å². The number of ketones is 1. The van der Waals surface area contributed by atoms with Gasteiger partial charge in [-0.3, -0.25) is 9.59 Å². The fourth-order valence-corrected chi connectivity index (χ4v) is 11.6. The van der Waals surface area contributed by atoms with Crippen molar-refractivity contribution in [1.29, 1.82) is 0 Å². The molecule has 0 amide bonds. The van der Waals surface area contributed by atoms with Gasteiger partial charge < -0.3 is 4.74 Å². The lowest BCUT2D eigenvalue weighted by Gasteiger charge is -2.73. The van der Waals surface area contributed by atoms with E-state index in [1.807, 2.05) is 0 Å². The first kappa shape index (κ1) is 25.5. The van der Waals surface area contributed by atoms with E-state index in [0.717, 1.165) is 18.3 Å². The SMILES string of the molecule is C=C(C)[C@@H]1CC[C@]2(C)CC[C@]3(C)[C@H](CC[C@@H]4[C@@]5(C)[C@H](OC(C)=O)CC(=O)C(C)(C)[C@@H]5CC[C@]43C)[C@@H]12. The van der Waals surface area contributed by atoms with E-state index in [2.05, 4.69) is 55.0 Å². The number of rotatable bonds is 2. The zero-order chi connectivity index (χ0) is 25.8. The van der Waals surface area contributed by atoms with E-state index in [9.17, 15) is 9.59 Å². The number of ether oxygens (including phenoxy) is 1. The lowest BCUT2D eigenvalue weighted by Crippen LogP contribution is -2.69. The molecule has 5 fully saturated rings. The molecule has 5 saturated carbocycles. The molecule has 196 valence electrons. The number of hydrogen-bond acceptors (Lipinski definition) is 3. The summed E-state index contributed by atoms with van der Waals surface area (Å²) in [5.74, 6) is 2.92. The van der Waals surface area contributed by atoms with E-state index in [0.29, 0.717) is 23.7 Å². The van der Waals surface area contributed by atoms with Crippen LogP contribution in [0.2, 0.25) is 0 Å². The third kappa shape index (κ3) is 3.14. The fourth-order valence-electron chi connectivity index (χ4n) is 11.6. The van der Waals surface area contributed by atoms with Crippen molar-refractivity contribution in [3.8, 4) is 0 Å². The van der Waals surface area contributed by atoms with E-state index in [1.54, 1.807) is 0 Å². The summed E-state index contributed by atoms with van der Waals surface area (Å²) in [5.41, 5.74) is 1.81. The highest BCUT2D eigenvalue weighted by Gasteiger charge is 2.72. The molecule has 0 saturated heterocycles. The van der Waals surface area contributed by atoms with Gasteiger partial charge in [-0.25, -0.2) is 0 Å². The Bertz CT molecular complexity index is 948. The normalized spacial score (nSPS) is 52.5. The molecule has 0 aliphatic heterocycles. The Morgan fingerprint density at radius 3 is 2.17 bits per heavy atom. The number of fused-ring (bicyclic) bond motifs is 7. The molecule has 5 rings (SSSR count). The molecule has 0 N–H and O–H groups in total. The van der Waals surface area contributed by atoms with Crippen LogP contribution in [0.1, 0.15) is 113 Å². The summed E-state index contributed by atoms with van der Waals surface area (Å²) >= 11 is 0. The molecule has 10 atom stereocenters. The molecule has 0 bridgehead atoms. The van der Waals surface area contributed by atoms with Gasteiger partial charge >= 0.3 is 5.97 Å². The molecule has 0 radical (unpaired) electrons. The van der Waals surface area contributed by atoms with Crippen LogP contribution in [0.3, 0.4) is 0 Å². The van der Waals surface area contributed by atoms with Gasteiger partial charge in [0.2, 0.25) is 0 Å². The van der Waals surface area contributed by atoms with Crippen LogP contribution < -0.4 is 0 Å². The minimum absolute atomic E-state index is 0.158. The first-order chi connectivity index (χ1) is 16.1. The van der Waals surface area contributed by atoms with E-state index in [-0.39, 0.29) is 45.4 Å². The van der Waals surface area contributed by atoms with Crippen LogP contribution in [0.25, 0.3) is 0 Å². The van der Waals surface area contributed by atoms with Crippen LogP contribution in [0.15, 0.2) is 12.2 Å². The van der Waals surface area contributed by atoms with Crippen LogP contribution >= 0.6 is 0 Å². The zero-order valence-corrected chi connectivity index (χ0v) is 23.8. The molecular weight excluding hydrogens is 432 g/mol. The highest BCUT2D eigenvalue weighted by molar-refractivity contribution is 5.86. The van der Waals surface area contributed by atoms with Crippen LogP contribution in [0.4, 0.5) is 0 Å². The molecule has 35 heavy (non-hydrogen) atoms. The monoisotopic (exact) mass is 482 g/mol. The van der Waals surface area contributed by atoms with Gasteiger partial charge in [-0.15, -0.1) is 0 Å². The summed E-state index contributed by atoms with van der Waals surface area (Å²) in [6.07, 6.45) is 10.1. The Hall–Kier alpha value is -1.12. The molecule has 0 unspecified atom stereocenters. The molecular formula is C32H50O3. The third-order valence-electron chi connectivity index (χ3n) is 13.6. The summed E-state index contributed by atoms with van der Waals surface area (Å²) in [6, 6.07) is 0. The van der Waals surface area contributed by atoms with Crippen molar-refractivity contribution in [2.75, 3.05) is 0 Å². The molecule has 0 aromatic carbocycles. The van der Waals surface area contributed by atoms with E-state index in [1.165, 1.54) is 57.4 Å². The molecule has 3 heteroatoms. The smallest absolute Gasteiger partial charge is 0.302 e. The van der Waals surface area contributed by atoms with Crippen molar-refractivity contribution in [2.24, 2.45) is 56.7 Å². The molecule has 0 aromatic rings. The number of carbonyl (C=O) groups is 2. The average molecular weight is 483 g/mol. The molecule has 0 heterocycles. The van der Waals surface area contributed by atoms with Gasteiger partial charge in [0.15, 0.2) is 0 Å². The number of carbonyl (C=O) groups excluding carboxylic acids is 2. The van der Waals surface area contributed by atoms with Crippen molar-refractivity contribution < 1.29 is 14.3 Å². The van der Waals surface area contributed by atoms with Gasteiger partial charge in [0, 0.05) is 24.2 Å². The molecule has 3 nitrogen and oxygen atoms in total. The quantitative estimate of drug-likeness (QED) is 0.298. The van der Waals surface area contributed by atoms with Crippen LogP contribution in [0, 0.1) is 56.7 Å². The number of hydrogen-bond donors (Lipinski definition) is 0. The largest absolute Gasteiger partial charge is 0.461 e. The zero-order valence-electron chi connectivity index (χ0n) is 23.8.